The van der Waals surface area contributed by atoms with Gasteiger partial charge >= 0.3 is 0 Å². The predicted octanol–water partition coefficient (Wildman–Crippen LogP) is 3.01. The summed E-state index contributed by atoms with van der Waals surface area (Å²) in [4.78, 5) is 15.2. The van der Waals surface area contributed by atoms with E-state index in [1.54, 1.807) is 0 Å². The van der Waals surface area contributed by atoms with E-state index in [0.29, 0.717) is 0 Å². The fourth-order valence-corrected chi connectivity index (χ4v) is 3.90. The Morgan fingerprint density at radius 2 is 1.82 bits per heavy atom. The summed E-state index contributed by atoms with van der Waals surface area (Å²) < 4.78 is 0. The third-order valence-electron chi connectivity index (χ3n) is 4.90. The van der Waals surface area contributed by atoms with Crippen molar-refractivity contribution in [3.05, 3.63) is 65.7 Å². The van der Waals surface area contributed by atoms with Gasteiger partial charge < -0.3 is 10.2 Å². The number of piperidine rings is 1. The zero-order valence-corrected chi connectivity index (χ0v) is 12.6. The molecule has 0 bridgehead atoms. The van der Waals surface area contributed by atoms with Crippen LogP contribution in [0, 0.1) is 0 Å². The Kier molecular flexibility index (Phi) is 3.23. The number of fused-ring (bicyclic) bond motifs is 1. The summed E-state index contributed by atoms with van der Waals surface area (Å²) in [5.41, 5.74) is 3.04. The number of amides is 1. The van der Waals surface area contributed by atoms with E-state index >= 15 is 0 Å². The van der Waals surface area contributed by atoms with Crippen LogP contribution in [0.2, 0.25) is 0 Å². The molecule has 2 aliphatic heterocycles. The Labute approximate surface area is 131 Å². The largest absolute Gasteiger partial charge is 0.314 e. The Morgan fingerprint density at radius 3 is 2.59 bits per heavy atom. The quantitative estimate of drug-likeness (QED) is 0.876. The highest BCUT2D eigenvalue weighted by Crippen LogP contribution is 2.42. The third kappa shape index (κ3) is 2.04. The molecule has 1 atom stereocenters. The van der Waals surface area contributed by atoms with Crippen molar-refractivity contribution in [3.8, 4) is 0 Å². The van der Waals surface area contributed by atoms with Gasteiger partial charge in [0.1, 0.15) is 0 Å². The van der Waals surface area contributed by atoms with Gasteiger partial charge in [0.2, 0.25) is 0 Å². The van der Waals surface area contributed by atoms with Crippen LogP contribution in [0.3, 0.4) is 0 Å². The molecule has 3 nitrogen and oxygen atoms in total. The Balaban J connectivity index is 1.80. The zero-order chi connectivity index (χ0) is 15.0. The van der Waals surface area contributed by atoms with Gasteiger partial charge in [-0.1, -0.05) is 36.4 Å². The summed E-state index contributed by atoms with van der Waals surface area (Å²) >= 11 is 0. The lowest BCUT2D eigenvalue weighted by atomic mass is 9.86. The maximum Gasteiger partial charge on any atom is 0.258 e. The number of rotatable bonds is 1. The monoisotopic (exact) mass is 292 g/mol. The highest BCUT2D eigenvalue weighted by atomic mass is 16.2. The van der Waals surface area contributed by atoms with E-state index in [1.807, 2.05) is 36.4 Å². The number of carbonyl (C=O) groups excluding carboxylic acids is 1. The first-order valence-electron chi connectivity index (χ1n) is 7.98. The molecule has 0 aliphatic carbocycles. The van der Waals surface area contributed by atoms with E-state index in [1.165, 1.54) is 5.56 Å². The molecule has 1 N–H and O–H groups in total. The molecule has 2 heterocycles. The molecule has 2 aliphatic rings. The molecule has 2 aromatic rings. The maximum absolute atomic E-state index is 13.2. The van der Waals surface area contributed by atoms with E-state index < -0.39 is 0 Å². The smallest absolute Gasteiger partial charge is 0.258 e. The standard InChI is InChI=1S/C19H20N2O/c22-18(15-7-2-1-3-8-15)21-17-10-5-4-9-16(17)13-19(21)11-6-12-20-14-19/h1-5,7-10,20H,6,11-14H2. The molecule has 22 heavy (non-hydrogen) atoms. The van der Waals surface area contributed by atoms with Gasteiger partial charge in [-0.2, -0.15) is 0 Å². The van der Waals surface area contributed by atoms with Crippen LogP contribution in [0.15, 0.2) is 54.6 Å². The second kappa shape index (κ2) is 5.25. The van der Waals surface area contributed by atoms with Gasteiger partial charge in [0, 0.05) is 17.8 Å². The lowest BCUT2D eigenvalue weighted by molar-refractivity contribution is 0.0949. The second-order valence-corrected chi connectivity index (χ2v) is 6.32. The molecule has 3 heteroatoms. The molecular weight excluding hydrogens is 272 g/mol. The molecule has 0 aromatic heterocycles. The number of anilines is 1. The van der Waals surface area contributed by atoms with Crippen LogP contribution in [0.4, 0.5) is 5.69 Å². The van der Waals surface area contributed by atoms with Crippen molar-refractivity contribution < 1.29 is 4.79 Å². The number of nitrogens with zero attached hydrogens (tertiary/aromatic N) is 1. The average molecular weight is 292 g/mol. The van der Waals surface area contributed by atoms with Crippen molar-refractivity contribution in [2.75, 3.05) is 18.0 Å². The van der Waals surface area contributed by atoms with Crippen molar-refractivity contribution in [3.63, 3.8) is 0 Å². The van der Waals surface area contributed by atoms with Gasteiger partial charge in [-0.25, -0.2) is 0 Å². The minimum absolute atomic E-state index is 0.102. The van der Waals surface area contributed by atoms with Gasteiger partial charge in [-0.05, 0) is 49.6 Å². The number of nitrogens with one attached hydrogen (secondary N) is 1. The summed E-state index contributed by atoms with van der Waals surface area (Å²) in [6.07, 6.45) is 3.13. The summed E-state index contributed by atoms with van der Waals surface area (Å²) in [7, 11) is 0. The third-order valence-corrected chi connectivity index (χ3v) is 4.90. The van der Waals surface area contributed by atoms with Crippen molar-refractivity contribution in [2.45, 2.75) is 24.8 Å². The van der Waals surface area contributed by atoms with Crippen LogP contribution < -0.4 is 10.2 Å². The van der Waals surface area contributed by atoms with Crippen LogP contribution in [-0.4, -0.2) is 24.5 Å². The van der Waals surface area contributed by atoms with E-state index in [4.69, 9.17) is 0 Å². The molecule has 2 aromatic carbocycles. The molecular formula is C19H20N2O. The van der Waals surface area contributed by atoms with Gasteiger partial charge in [0.05, 0.1) is 5.54 Å². The lowest BCUT2D eigenvalue weighted by Gasteiger charge is -2.42. The highest BCUT2D eigenvalue weighted by Gasteiger charge is 2.47. The van der Waals surface area contributed by atoms with Crippen molar-refractivity contribution in [1.29, 1.82) is 0 Å². The molecule has 1 saturated heterocycles. The summed E-state index contributed by atoms with van der Waals surface area (Å²) in [6, 6.07) is 18.0. The molecule has 1 fully saturated rings. The maximum atomic E-state index is 13.2. The fourth-order valence-electron chi connectivity index (χ4n) is 3.90. The highest BCUT2D eigenvalue weighted by molar-refractivity contribution is 6.08. The van der Waals surface area contributed by atoms with E-state index in [2.05, 4.69) is 28.4 Å². The molecule has 1 amide bonds. The van der Waals surface area contributed by atoms with Crippen LogP contribution in [-0.2, 0) is 6.42 Å². The van der Waals surface area contributed by atoms with E-state index in [-0.39, 0.29) is 11.4 Å². The second-order valence-electron chi connectivity index (χ2n) is 6.32. The SMILES string of the molecule is O=C(c1ccccc1)N1c2ccccc2CC12CCCNC2. The predicted molar refractivity (Wildman–Crippen MR) is 88.2 cm³/mol. The van der Waals surface area contributed by atoms with Crippen LogP contribution in [0.1, 0.15) is 28.8 Å². The summed E-state index contributed by atoms with van der Waals surface area (Å²) in [5, 5.41) is 3.49. The number of carbonyl (C=O) groups is 1. The van der Waals surface area contributed by atoms with Crippen LogP contribution in [0.5, 0.6) is 0 Å². The Hall–Kier alpha value is -2.13. The first kappa shape index (κ1) is 13.5. The molecule has 1 unspecified atom stereocenters. The minimum Gasteiger partial charge on any atom is -0.314 e. The van der Waals surface area contributed by atoms with Gasteiger partial charge in [0.15, 0.2) is 0 Å². The summed E-state index contributed by atoms with van der Waals surface area (Å²) in [6.45, 7) is 1.92. The zero-order valence-electron chi connectivity index (χ0n) is 12.6. The molecule has 112 valence electrons. The van der Waals surface area contributed by atoms with E-state index in [0.717, 1.165) is 43.6 Å². The minimum atomic E-state index is -0.102. The van der Waals surface area contributed by atoms with Crippen molar-refractivity contribution in [1.82, 2.24) is 5.32 Å². The molecule has 1 spiro atoms. The fraction of sp³-hybridized carbons (Fsp3) is 0.316. The van der Waals surface area contributed by atoms with Crippen LogP contribution >= 0.6 is 0 Å². The lowest BCUT2D eigenvalue weighted by Crippen LogP contribution is -2.58. The summed E-state index contributed by atoms with van der Waals surface area (Å²) in [5.74, 6) is 0.120. The molecule has 4 rings (SSSR count). The molecule has 0 saturated carbocycles. The first-order chi connectivity index (χ1) is 10.8. The Morgan fingerprint density at radius 1 is 1.05 bits per heavy atom. The number of para-hydroxylation sites is 1. The van der Waals surface area contributed by atoms with Crippen LogP contribution in [0.25, 0.3) is 0 Å². The first-order valence-corrected chi connectivity index (χ1v) is 7.98. The van der Waals surface area contributed by atoms with E-state index in [9.17, 15) is 4.79 Å². The van der Waals surface area contributed by atoms with Gasteiger partial charge in [-0.15, -0.1) is 0 Å². The van der Waals surface area contributed by atoms with Crippen molar-refractivity contribution in [2.24, 2.45) is 0 Å². The normalized spacial score (nSPS) is 23.5. The molecule has 0 radical (unpaired) electrons. The topological polar surface area (TPSA) is 32.3 Å². The average Bonchev–Trinajstić information content (AvgIpc) is 2.88. The number of hydrogen-bond acceptors (Lipinski definition) is 2. The van der Waals surface area contributed by atoms with Gasteiger partial charge in [0.25, 0.3) is 5.91 Å². The number of benzene rings is 2. The number of hydrogen-bond donors (Lipinski definition) is 1. The van der Waals surface area contributed by atoms with Crippen molar-refractivity contribution >= 4 is 11.6 Å². The van der Waals surface area contributed by atoms with Gasteiger partial charge in [-0.3, -0.25) is 4.79 Å². The Bertz CT molecular complexity index is 690.